The summed E-state index contributed by atoms with van der Waals surface area (Å²) in [4.78, 5) is 13.5. The number of ketones is 1. The topological polar surface area (TPSA) is 44.8 Å². The quantitative estimate of drug-likeness (QED) is 0.346. The molecule has 1 heterocycles. The standard InChI is InChI=1S/C27H31O4S/c1-27(2,3)26(32-15-13-30-14-16-32)25(28)19-5-9-22(10-6-19)31-24-12-8-20-17-23(29-4)11-7-21(20)18-24/h5-12,17-18,26H,13-16H2,1-4H3/q+1. The first-order chi connectivity index (χ1) is 15.3. The maximum absolute atomic E-state index is 13.5. The van der Waals surface area contributed by atoms with Crippen LogP contribution >= 0.6 is 0 Å². The lowest BCUT2D eigenvalue weighted by Gasteiger charge is -2.31. The first-order valence-corrected chi connectivity index (χ1v) is 12.6. The normalized spacial score (nSPS) is 16.0. The number of Topliss-reactive ketones (excluding diaryl/α,β-unsaturated/α-hetero) is 1. The Kier molecular flexibility index (Phi) is 6.77. The lowest BCUT2D eigenvalue weighted by atomic mass is 9.87. The molecule has 32 heavy (non-hydrogen) atoms. The van der Waals surface area contributed by atoms with Crippen molar-refractivity contribution in [3.05, 3.63) is 66.2 Å². The second-order valence-electron chi connectivity index (χ2n) is 9.17. The van der Waals surface area contributed by atoms with Gasteiger partial charge >= 0.3 is 0 Å². The third-order valence-corrected chi connectivity index (χ3v) is 8.70. The highest BCUT2D eigenvalue weighted by atomic mass is 32.2. The van der Waals surface area contributed by atoms with Gasteiger partial charge in [0, 0.05) is 21.9 Å². The molecule has 0 spiro atoms. The summed E-state index contributed by atoms with van der Waals surface area (Å²) in [5, 5.41) is 2.19. The van der Waals surface area contributed by atoms with Crippen molar-refractivity contribution in [3.8, 4) is 17.2 Å². The minimum absolute atomic E-state index is 0.00986. The Morgan fingerprint density at radius 2 is 1.44 bits per heavy atom. The lowest BCUT2D eigenvalue weighted by Crippen LogP contribution is -2.47. The molecule has 1 unspecified atom stereocenters. The largest absolute Gasteiger partial charge is 0.497 e. The zero-order valence-electron chi connectivity index (χ0n) is 19.2. The van der Waals surface area contributed by atoms with Gasteiger partial charge in [-0.3, -0.25) is 4.79 Å². The average Bonchev–Trinajstić information content (AvgIpc) is 2.79. The van der Waals surface area contributed by atoms with Crippen molar-refractivity contribution in [3.63, 3.8) is 0 Å². The lowest BCUT2D eigenvalue weighted by molar-refractivity contribution is 0.0946. The number of carbonyl (C=O) groups excluding carboxylic acids is 1. The third-order valence-electron chi connectivity index (χ3n) is 5.73. The van der Waals surface area contributed by atoms with Crippen molar-refractivity contribution in [1.29, 1.82) is 0 Å². The van der Waals surface area contributed by atoms with Crippen LogP contribution in [0.2, 0.25) is 0 Å². The molecular formula is C27H31O4S+. The summed E-state index contributed by atoms with van der Waals surface area (Å²) in [7, 11) is 1.72. The van der Waals surface area contributed by atoms with Gasteiger partial charge in [0.05, 0.1) is 20.3 Å². The predicted octanol–water partition coefficient (Wildman–Crippen LogP) is 5.89. The average molecular weight is 452 g/mol. The molecule has 1 aliphatic heterocycles. The van der Waals surface area contributed by atoms with Crippen LogP contribution in [-0.4, -0.2) is 42.9 Å². The van der Waals surface area contributed by atoms with E-state index in [1.807, 2.05) is 60.7 Å². The van der Waals surface area contributed by atoms with E-state index in [0.29, 0.717) is 0 Å². The van der Waals surface area contributed by atoms with Crippen LogP contribution in [-0.2, 0) is 15.6 Å². The molecule has 1 saturated heterocycles. The Balaban J connectivity index is 1.50. The van der Waals surface area contributed by atoms with Gasteiger partial charge in [-0.25, -0.2) is 0 Å². The number of fused-ring (bicyclic) bond motifs is 1. The van der Waals surface area contributed by atoms with Crippen molar-refractivity contribution < 1.29 is 19.0 Å². The van der Waals surface area contributed by atoms with E-state index in [0.717, 1.165) is 58.3 Å². The van der Waals surface area contributed by atoms with Gasteiger partial charge in [-0.05, 0) is 59.3 Å². The summed E-state index contributed by atoms with van der Waals surface area (Å²) >= 11 is 0. The molecule has 0 bridgehead atoms. The molecule has 5 heteroatoms. The Labute approximate surface area is 193 Å². The molecule has 168 valence electrons. The molecule has 3 aromatic carbocycles. The molecule has 4 nitrogen and oxygen atoms in total. The zero-order chi connectivity index (χ0) is 22.7. The summed E-state index contributed by atoms with van der Waals surface area (Å²) in [6.07, 6.45) is 0. The predicted molar refractivity (Wildman–Crippen MR) is 133 cm³/mol. The minimum atomic E-state index is -0.0829. The number of carbonyl (C=O) groups is 1. The molecule has 0 amide bonds. The third kappa shape index (κ3) is 5.11. The maximum Gasteiger partial charge on any atom is 0.215 e. The Bertz CT molecular complexity index is 1080. The molecule has 1 aliphatic rings. The highest BCUT2D eigenvalue weighted by Gasteiger charge is 2.46. The second-order valence-corrected chi connectivity index (χ2v) is 11.5. The molecule has 0 saturated carbocycles. The van der Waals surface area contributed by atoms with Gasteiger partial charge in [0.15, 0.2) is 5.25 Å². The molecule has 4 rings (SSSR count). The van der Waals surface area contributed by atoms with Crippen molar-refractivity contribution in [2.75, 3.05) is 31.8 Å². The first kappa shape index (κ1) is 22.7. The Hall–Kier alpha value is -2.50. The van der Waals surface area contributed by atoms with Crippen LogP contribution in [0, 0.1) is 5.41 Å². The summed E-state index contributed by atoms with van der Waals surface area (Å²) in [5.74, 6) is 4.49. The SMILES string of the molecule is COc1ccc2cc(Oc3ccc(C(=O)C([S+]4CCOCC4)C(C)(C)C)cc3)ccc2c1. The highest BCUT2D eigenvalue weighted by molar-refractivity contribution is 7.98. The molecule has 1 fully saturated rings. The summed E-state index contributed by atoms with van der Waals surface area (Å²) in [6.45, 7) is 8.03. The van der Waals surface area contributed by atoms with Crippen LogP contribution in [0.4, 0.5) is 0 Å². The molecule has 3 aromatic rings. The van der Waals surface area contributed by atoms with Crippen LogP contribution in [0.15, 0.2) is 60.7 Å². The molecule has 0 N–H and O–H groups in total. The molecular weight excluding hydrogens is 420 g/mol. The van der Waals surface area contributed by atoms with Gasteiger partial charge in [0.1, 0.15) is 28.8 Å². The van der Waals surface area contributed by atoms with Crippen LogP contribution in [0.25, 0.3) is 10.8 Å². The van der Waals surface area contributed by atoms with E-state index in [9.17, 15) is 4.79 Å². The van der Waals surface area contributed by atoms with Gasteiger partial charge < -0.3 is 14.2 Å². The smallest absolute Gasteiger partial charge is 0.215 e. The maximum atomic E-state index is 13.5. The van der Waals surface area contributed by atoms with E-state index < -0.39 is 0 Å². The number of hydrogen-bond acceptors (Lipinski definition) is 4. The number of hydrogen-bond donors (Lipinski definition) is 0. The van der Waals surface area contributed by atoms with Crippen LogP contribution in [0.3, 0.4) is 0 Å². The minimum Gasteiger partial charge on any atom is -0.497 e. The molecule has 1 atom stereocenters. The second kappa shape index (κ2) is 9.55. The summed E-state index contributed by atoms with van der Waals surface area (Å²) in [6, 6.07) is 19.5. The Morgan fingerprint density at radius 3 is 2.03 bits per heavy atom. The van der Waals surface area contributed by atoms with E-state index >= 15 is 0 Å². The van der Waals surface area contributed by atoms with Crippen molar-refractivity contribution in [2.45, 2.75) is 26.0 Å². The Morgan fingerprint density at radius 1 is 0.875 bits per heavy atom. The van der Waals surface area contributed by atoms with Crippen molar-refractivity contribution in [1.82, 2.24) is 0 Å². The van der Waals surface area contributed by atoms with E-state index in [-0.39, 0.29) is 27.3 Å². The van der Waals surface area contributed by atoms with Gasteiger partial charge in [-0.1, -0.05) is 32.9 Å². The first-order valence-electron chi connectivity index (χ1n) is 11.0. The van der Waals surface area contributed by atoms with Crippen LogP contribution < -0.4 is 9.47 Å². The number of benzene rings is 3. The van der Waals surface area contributed by atoms with E-state index in [1.54, 1.807) is 7.11 Å². The van der Waals surface area contributed by atoms with Gasteiger partial charge in [0.25, 0.3) is 0 Å². The molecule has 0 aliphatic carbocycles. The summed E-state index contributed by atoms with van der Waals surface area (Å²) in [5.41, 5.74) is 0.669. The zero-order valence-corrected chi connectivity index (χ0v) is 20.0. The fourth-order valence-electron chi connectivity index (χ4n) is 4.18. The number of methoxy groups -OCH3 is 1. The van der Waals surface area contributed by atoms with E-state index in [4.69, 9.17) is 14.2 Å². The fraction of sp³-hybridized carbons (Fsp3) is 0.370. The van der Waals surface area contributed by atoms with Gasteiger partial charge in [-0.2, -0.15) is 0 Å². The van der Waals surface area contributed by atoms with E-state index in [2.05, 4.69) is 20.8 Å². The van der Waals surface area contributed by atoms with Gasteiger partial charge in [-0.15, -0.1) is 0 Å². The number of ether oxygens (including phenoxy) is 3. The van der Waals surface area contributed by atoms with E-state index in [1.165, 1.54) is 0 Å². The molecule has 0 radical (unpaired) electrons. The number of rotatable bonds is 6. The highest BCUT2D eigenvalue weighted by Crippen LogP contribution is 2.33. The van der Waals surface area contributed by atoms with Crippen LogP contribution in [0.1, 0.15) is 31.1 Å². The van der Waals surface area contributed by atoms with Crippen molar-refractivity contribution in [2.24, 2.45) is 5.41 Å². The van der Waals surface area contributed by atoms with Crippen LogP contribution in [0.5, 0.6) is 17.2 Å². The fourth-order valence-corrected chi connectivity index (χ4v) is 6.96. The van der Waals surface area contributed by atoms with Gasteiger partial charge in [0.2, 0.25) is 5.78 Å². The molecule has 0 aromatic heterocycles. The monoisotopic (exact) mass is 451 g/mol. The van der Waals surface area contributed by atoms with Crippen molar-refractivity contribution >= 4 is 27.5 Å². The summed E-state index contributed by atoms with van der Waals surface area (Å²) < 4.78 is 16.9.